The van der Waals surface area contributed by atoms with Gasteiger partial charge in [-0.2, -0.15) is 4.52 Å². The third-order valence-electron chi connectivity index (χ3n) is 6.29. The van der Waals surface area contributed by atoms with Crippen LogP contribution in [0.3, 0.4) is 0 Å². The van der Waals surface area contributed by atoms with Crippen LogP contribution >= 0.6 is 0 Å². The number of anilines is 1. The molecule has 8 nitrogen and oxygen atoms in total. The molecule has 0 amide bonds. The minimum Gasteiger partial charge on any atom is -0.381 e. The van der Waals surface area contributed by atoms with Gasteiger partial charge >= 0.3 is 0 Å². The van der Waals surface area contributed by atoms with Gasteiger partial charge in [-0.3, -0.25) is 0 Å². The fourth-order valence-corrected chi connectivity index (χ4v) is 4.58. The molecule has 3 saturated heterocycles. The third kappa shape index (κ3) is 3.41. The first-order chi connectivity index (χ1) is 13.3. The van der Waals surface area contributed by atoms with E-state index in [1.807, 2.05) is 12.1 Å². The SMILES string of the molecule is c1cc2nncn2nc1N1CC2(C1)OCCC2CCOCC1CCOCC1. The maximum Gasteiger partial charge on any atom is 0.177 e. The van der Waals surface area contributed by atoms with Crippen molar-refractivity contribution in [2.75, 3.05) is 51.0 Å². The maximum absolute atomic E-state index is 6.19. The molecule has 0 N–H and O–H groups in total. The Balaban J connectivity index is 1.12. The van der Waals surface area contributed by atoms with Crippen molar-refractivity contribution in [3.8, 4) is 0 Å². The molecular formula is C19H27N5O3. The van der Waals surface area contributed by atoms with Crippen molar-refractivity contribution in [1.82, 2.24) is 19.8 Å². The van der Waals surface area contributed by atoms with Crippen LogP contribution in [0.1, 0.15) is 25.7 Å². The molecule has 2 aromatic heterocycles. The van der Waals surface area contributed by atoms with Crippen LogP contribution in [0.15, 0.2) is 18.5 Å². The topological polar surface area (TPSA) is 74.0 Å². The Morgan fingerprint density at radius 3 is 2.93 bits per heavy atom. The van der Waals surface area contributed by atoms with Crippen molar-refractivity contribution in [3.63, 3.8) is 0 Å². The Hall–Kier alpha value is -1.77. The summed E-state index contributed by atoms with van der Waals surface area (Å²) in [6, 6.07) is 3.97. The molecule has 1 spiro atoms. The van der Waals surface area contributed by atoms with Crippen molar-refractivity contribution in [1.29, 1.82) is 0 Å². The molecule has 1 unspecified atom stereocenters. The Bertz CT molecular complexity index is 770. The summed E-state index contributed by atoms with van der Waals surface area (Å²) in [5.74, 6) is 2.20. The van der Waals surface area contributed by atoms with Crippen molar-refractivity contribution >= 4 is 11.5 Å². The van der Waals surface area contributed by atoms with Crippen LogP contribution in [0.5, 0.6) is 0 Å². The van der Waals surface area contributed by atoms with Gasteiger partial charge in [0.1, 0.15) is 17.7 Å². The fourth-order valence-electron chi connectivity index (χ4n) is 4.58. The average molecular weight is 373 g/mol. The van der Waals surface area contributed by atoms with Crippen molar-refractivity contribution in [2.24, 2.45) is 11.8 Å². The number of nitrogens with zero attached hydrogens (tertiary/aromatic N) is 5. The Labute approximate surface area is 158 Å². The van der Waals surface area contributed by atoms with Crippen LogP contribution in [-0.2, 0) is 14.2 Å². The highest BCUT2D eigenvalue weighted by atomic mass is 16.5. The van der Waals surface area contributed by atoms with Gasteiger partial charge in [0.2, 0.25) is 0 Å². The van der Waals surface area contributed by atoms with E-state index < -0.39 is 0 Å². The zero-order valence-electron chi connectivity index (χ0n) is 15.6. The van der Waals surface area contributed by atoms with Crippen molar-refractivity contribution in [2.45, 2.75) is 31.3 Å². The largest absolute Gasteiger partial charge is 0.381 e. The summed E-state index contributed by atoms with van der Waals surface area (Å²) < 4.78 is 19.3. The van der Waals surface area contributed by atoms with Crippen LogP contribution in [0.25, 0.3) is 5.65 Å². The zero-order valence-corrected chi connectivity index (χ0v) is 15.6. The van der Waals surface area contributed by atoms with E-state index in [-0.39, 0.29) is 5.60 Å². The Kier molecular flexibility index (Phi) is 4.71. The fraction of sp³-hybridized carbons (Fsp3) is 0.737. The molecule has 3 fully saturated rings. The first-order valence-electron chi connectivity index (χ1n) is 10.0. The quantitative estimate of drug-likeness (QED) is 0.711. The second-order valence-electron chi connectivity index (χ2n) is 8.00. The molecule has 1 atom stereocenters. The van der Waals surface area contributed by atoms with Crippen LogP contribution in [0, 0.1) is 11.8 Å². The summed E-state index contributed by atoms with van der Waals surface area (Å²) >= 11 is 0. The van der Waals surface area contributed by atoms with E-state index in [9.17, 15) is 0 Å². The molecule has 2 aromatic rings. The molecule has 3 aliphatic heterocycles. The number of ether oxygens (including phenoxy) is 3. The van der Waals surface area contributed by atoms with Crippen molar-refractivity contribution < 1.29 is 14.2 Å². The number of hydrogen-bond donors (Lipinski definition) is 0. The number of fused-ring (bicyclic) bond motifs is 1. The zero-order chi connectivity index (χ0) is 18.1. The van der Waals surface area contributed by atoms with Gasteiger partial charge < -0.3 is 19.1 Å². The number of aromatic nitrogens is 4. The van der Waals surface area contributed by atoms with Crippen LogP contribution in [-0.4, -0.2) is 71.5 Å². The molecule has 0 radical (unpaired) electrons. The van der Waals surface area contributed by atoms with Gasteiger partial charge in [0.25, 0.3) is 0 Å². The van der Waals surface area contributed by atoms with Crippen molar-refractivity contribution in [3.05, 3.63) is 18.5 Å². The molecule has 5 rings (SSSR count). The molecule has 8 heteroatoms. The molecule has 0 saturated carbocycles. The monoisotopic (exact) mass is 373 g/mol. The number of rotatable bonds is 6. The molecule has 3 aliphatic rings. The summed E-state index contributed by atoms with van der Waals surface area (Å²) in [5, 5.41) is 12.5. The lowest BCUT2D eigenvalue weighted by Gasteiger charge is -2.50. The Morgan fingerprint density at radius 1 is 1.15 bits per heavy atom. The van der Waals surface area contributed by atoms with E-state index in [1.54, 1.807) is 10.8 Å². The van der Waals surface area contributed by atoms with E-state index >= 15 is 0 Å². The highest BCUT2D eigenvalue weighted by Crippen LogP contribution is 2.43. The summed E-state index contributed by atoms with van der Waals surface area (Å²) in [6.45, 7) is 6.14. The van der Waals surface area contributed by atoms with E-state index in [4.69, 9.17) is 14.2 Å². The Morgan fingerprint density at radius 2 is 2.04 bits per heavy atom. The van der Waals surface area contributed by atoms with E-state index in [2.05, 4.69) is 20.2 Å². The smallest absolute Gasteiger partial charge is 0.177 e. The van der Waals surface area contributed by atoms with Gasteiger partial charge in [0.05, 0.1) is 13.1 Å². The van der Waals surface area contributed by atoms with Gasteiger partial charge in [0, 0.05) is 33.0 Å². The van der Waals surface area contributed by atoms with Gasteiger partial charge in [0.15, 0.2) is 5.65 Å². The predicted molar refractivity (Wildman–Crippen MR) is 98.8 cm³/mol. The van der Waals surface area contributed by atoms with Crippen LogP contribution < -0.4 is 4.90 Å². The van der Waals surface area contributed by atoms with Gasteiger partial charge in [-0.05, 0) is 49.7 Å². The predicted octanol–water partition coefficient (Wildman–Crippen LogP) is 1.55. The second-order valence-corrected chi connectivity index (χ2v) is 8.00. The minimum atomic E-state index is -0.0220. The first kappa shape index (κ1) is 17.3. The molecule has 0 bridgehead atoms. The molecule has 5 heterocycles. The van der Waals surface area contributed by atoms with Crippen LogP contribution in [0.4, 0.5) is 5.82 Å². The van der Waals surface area contributed by atoms with Gasteiger partial charge in [-0.1, -0.05) is 0 Å². The molecule has 146 valence electrons. The third-order valence-corrected chi connectivity index (χ3v) is 6.29. The van der Waals surface area contributed by atoms with Crippen LogP contribution in [0.2, 0.25) is 0 Å². The minimum absolute atomic E-state index is 0.0220. The number of hydrogen-bond acceptors (Lipinski definition) is 7. The lowest BCUT2D eigenvalue weighted by Crippen LogP contribution is -2.65. The highest BCUT2D eigenvalue weighted by Gasteiger charge is 2.53. The second kappa shape index (κ2) is 7.33. The normalized spacial score (nSPS) is 25.3. The molecular weight excluding hydrogens is 346 g/mol. The first-order valence-corrected chi connectivity index (χ1v) is 10.0. The molecule has 27 heavy (non-hydrogen) atoms. The lowest BCUT2D eigenvalue weighted by atomic mass is 9.79. The maximum atomic E-state index is 6.19. The molecule has 0 aliphatic carbocycles. The molecule has 0 aromatic carbocycles. The van der Waals surface area contributed by atoms with Gasteiger partial charge in [-0.15, -0.1) is 15.3 Å². The standard InChI is InChI=1S/C19H27N5O3/c1-2-18(22-24-14-20-21-17(1)24)23-12-19(13-23)16(6-10-27-19)5-9-26-11-15-3-7-25-8-4-15/h1-2,14-16H,3-13H2. The summed E-state index contributed by atoms with van der Waals surface area (Å²) in [7, 11) is 0. The highest BCUT2D eigenvalue weighted by molar-refractivity contribution is 5.48. The lowest BCUT2D eigenvalue weighted by molar-refractivity contribution is -0.0528. The van der Waals surface area contributed by atoms with E-state index in [0.717, 1.165) is 83.3 Å². The summed E-state index contributed by atoms with van der Waals surface area (Å²) in [5.41, 5.74) is 0.747. The van der Waals surface area contributed by atoms with E-state index in [1.165, 1.54) is 0 Å². The van der Waals surface area contributed by atoms with E-state index in [0.29, 0.717) is 11.8 Å². The summed E-state index contributed by atoms with van der Waals surface area (Å²) in [6.07, 6.45) is 6.12. The average Bonchev–Trinajstić information content (AvgIpc) is 3.31. The van der Waals surface area contributed by atoms with Gasteiger partial charge in [-0.25, -0.2) is 0 Å². The summed E-state index contributed by atoms with van der Waals surface area (Å²) in [4.78, 5) is 2.28.